The molecular formula is C14H13N3O3. The van der Waals surface area contributed by atoms with Crippen LogP contribution in [0.1, 0.15) is 18.9 Å². The molecule has 1 unspecified atom stereocenters. The van der Waals surface area contributed by atoms with Crippen molar-refractivity contribution < 1.29 is 14.3 Å². The number of aromatic nitrogens is 3. The summed E-state index contributed by atoms with van der Waals surface area (Å²) in [7, 11) is 0. The highest BCUT2D eigenvalue weighted by atomic mass is 16.4. The zero-order chi connectivity index (χ0) is 14.3. The Morgan fingerprint density at radius 1 is 1.35 bits per heavy atom. The fraction of sp³-hybridized carbons (Fsp3) is 0.214. The first-order valence-electron chi connectivity index (χ1n) is 6.21. The summed E-state index contributed by atoms with van der Waals surface area (Å²) in [6.07, 6.45) is 0. The van der Waals surface area contributed by atoms with Crippen LogP contribution in [0.2, 0.25) is 0 Å². The molecule has 0 radical (unpaired) electrons. The van der Waals surface area contributed by atoms with E-state index < -0.39 is 12.0 Å². The van der Waals surface area contributed by atoms with Crippen LogP contribution in [0, 0.1) is 6.92 Å². The van der Waals surface area contributed by atoms with E-state index in [2.05, 4.69) is 10.2 Å². The van der Waals surface area contributed by atoms with Crippen LogP contribution < -0.4 is 0 Å². The molecule has 2 aromatic heterocycles. The summed E-state index contributed by atoms with van der Waals surface area (Å²) in [5, 5.41) is 18.0. The van der Waals surface area contributed by atoms with Crippen molar-refractivity contribution in [2.24, 2.45) is 0 Å². The first-order chi connectivity index (χ1) is 9.58. The number of para-hydroxylation sites is 1. The van der Waals surface area contributed by atoms with Crippen molar-refractivity contribution in [1.29, 1.82) is 0 Å². The average Bonchev–Trinajstić information content (AvgIpc) is 3.00. The second kappa shape index (κ2) is 4.48. The maximum Gasteiger partial charge on any atom is 0.326 e. The first kappa shape index (κ1) is 12.4. The Balaban J connectivity index is 2.30. The fourth-order valence-electron chi connectivity index (χ4n) is 2.27. The highest BCUT2D eigenvalue weighted by Crippen LogP contribution is 2.30. The predicted octanol–water partition coefficient (Wildman–Crippen LogP) is 2.65. The van der Waals surface area contributed by atoms with E-state index in [0.29, 0.717) is 17.5 Å². The van der Waals surface area contributed by atoms with Crippen molar-refractivity contribution in [3.05, 3.63) is 36.2 Å². The van der Waals surface area contributed by atoms with Gasteiger partial charge in [0.25, 0.3) is 5.89 Å². The van der Waals surface area contributed by atoms with Crippen LogP contribution in [-0.4, -0.2) is 25.8 Å². The third-order valence-electron chi connectivity index (χ3n) is 3.24. The molecule has 1 atom stereocenters. The Morgan fingerprint density at radius 3 is 2.75 bits per heavy atom. The van der Waals surface area contributed by atoms with Gasteiger partial charge in [0.1, 0.15) is 11.7 Å². The number of hydrogen-bond acceptors (Lipinski definition) is 4. The van der Waals surface area contributed by atoms with Gasteiger partial charge in [-0.05, 0) is 19.1 Å². The lowest BCUT2D eigenvalue weighted by Crippen LogP contribution is -2.16. The Kier molecular flexibility index (Phi) is 2.78. The number of carboxylic acid groups (broad SMARTS) is 1. The van der Waals surface area contributed by atoms with E-state index in [1.807, 2.05) is 30.3 Å². The van der Waals surface area contributed by atoms with Gasteiger partial charge in [0.05, 0.1) is 0 Å². The third-order valence-corrected chi connectivity index (χ3v) is 3.24. The van der Waals surface area contributed by atoms with Crippen LogP contribution in [0.15, 0.2) is 34.7 Å². The lowest BCUT2D eigenvalue weighted by Gasteiger charge is -2.13. The standard InChI is InChI=1S/C14H13N3O3/c1-8(14(18)19)17-11-6-4-3-5-10(11)7-12(17)13-16-15-9(2)20-13/h3-8H,1-2H3,(H,18,19). The van der Waals surface area contributed by atoms with Gasteiger partial charge in [-0.3, -0.25) is 0 Å². The number of benzene rings is 1. The summed E-state index contributed by atoms with van der Waals surface area (Å²) >= 11 is 0. The molecule has 3 rings (SSSR count). The first-order valence-corrected chi connectivity index (χ1v) is 6.21. The molecule has 20 heavy (non-hydrogen) atoms. The number of aliphatic carboxylic acids is 1. The Labute approximate surface area is 114 Å². The van der Waals surface area contributed by atoms with Crippen molar-refractivity contribution >= 4 is 16.9 Å². The number of carboxylic acids is 1. The second-order valence-corrected chi connectivity index (χ2v) is 4.60. The van der Waals surface area contributed by atoms with Crippen LogP contribution in [-0.2, 0) is 4.79 Å². The SMILES string of the molecule is Cc1nnc(-c2cc3ccccc3n2C(C)C(=O)O)o1. The summed E-state index contributed by atoms with van der Waals surface area (Å²) in [5.41, 5.74) is 1.44. The van der Waals surface area contributed by atoms with Gasteiger partial charge >= 0.3 is 5.97 Å². The minimum absolute atomic E-state index is 0.326. The van der Waals surface area contributed by atoms with E-state index in [9.17, 15) is 9.90 Å². The largest absolute Gasteiger partial charge is 0.480 e. The van der Waals surface area contributed by atoms with E-state index in [-0.39, 0.29) is 0 Å². The highest BCUT2D eigenvalue weighted by Gasteiger charge is 2.22. The molecule has 1 aromatic carbocycles. The van der Waals surface area contributed by atoms with Crippen molar-refractivity contribution in [2.45, 2.75) is 19.9 Å². The number of nitrogens with zero attached hydrogens (tertiary/aromatic N) is 3. The van der Waals surface area contributed by atoms with Gasteiger partial charge in [-0.15, -0.1) is 10.2 Å². The normalized spacial score (nSPS) is 12.7. The van der Waals surface area contributed by atoms with E-state index in [1.165, 1.54) is 0 Å². The summed E-state index contributed by atoms with van der Waals surface area (Å²) in [5.74, 6) is -0.143. The van der Waals surface area contributed by atoms with E-state index in [4.69, 9.17) is 4.42 Å². The Bertz CT molecular complexity index is 788. The lowest BCUT2D eigenvalue weighted by atomic mass is 10.2. The zero-order valence-corrected chi connectivity index (χ0v) is 11.1. The second-order valence-electron chi connectivity index (χ2n) is 4.60. The summed E-state index contributed by atoms with van der Waals surface area (Å²) in [6.45, 7) is 3.33. The van der Waals surface area contributed by atoms with Crippen molar-refractivity contribution in [1.82, 2.24) is 14.8 Å². The van der Waals surface area contributed by atoms with Gasteiger partial charge in [-0.25, -0.2) is 4.79 Å². The van der Waals surface area contributed by atoms with Gasteiger partial charge in [-0.2, -0.15) is 0 Å². The topological polar surface area (TPSA) is 81.2 Å². The van der Waals surface area contributed by atoms with Gasteiger partial charge < -0.3 is 14.1 Å². The molecule has 0 amide bonds. The van der Waals surface area contributed by atoms with Crippen LogP contribution in [0.5, 0.6) is 0 Å². The molecule has 6 nitrogen and oxygen atoms in total. The number of fused-ring (bicyclic) bond motifs is 1. The Hall–Kier alpha value is -2.63. The summed E-state index contributed by atoms with van der Waals surface area (Å²) in [6, 6.07) is 8.71. The molecule has 0 aliphatic rings. The molecule has 0 saturated carbocycles. The number of carbonyl (C=O) groups is 1. The van der Waals surface area contributed by atoms with E-state index in [0.717, 1.165) is 10.9 Å². The molecule has 0 spiro atoms. The van der Waals surface area contributed by atoms with Crippen molar-refractivity contribution in [3.8, 4) is 11.6 Å². The molecule has 0 aliphatic carbocycles. The summed E-state index contributed by atoms with van der Waals surface area (Å²) in [4.78, 5) is 11.3. The molecule has 0 fully saturated rings. The van der Waals surface area contributed by atoms with Crippen LogP contribution >= 0.6 is 0 Å². The molecule has 3 aromatic rings. The molecule has 0 saturated heterocycles. The maximum absolute atomic E-state index is 11.3. The molecule has 1 N–H and O–H groups in total. The zero-order valence-electron chi connectivity index (χ0n) is 11.1. The lowest BCUT2D eigenvalue weighted by molar-refractivity contribution is -0.140. The van der Waals surface area contributed by atoms with E-state index in [1.54, 1.807) is 18.4 Å². The van der Waals surface area contributed by atoms with Crippen molar-refractivity contribution in [3.63, 3.8) is 0 Å². The molecule has 0 bridgehead atoms. The average molecular weight is 271 g/mol. The molecule has 6 heteroatoms. The van der Waals surface area contributed by atoms with Crippen LogP contribution in [0.25, 0.3) is 22.5 Å². The number of aryl methyl sites for hydroxylation is 1. The molecule has 102 valence electrons. The van der Waals surface area contributed by atoms with Crippen LogP contribution in [0.3, 0.4) is 0 Å². The number of hydrogen-bond donors (Lipinski definition) is 1. The van der Waals surface area contributed by atoms with Gasteiger partial charge in [-0.1, -0.05) is 18.2 Å². The maximum atomic E-state index is 11.3. The quantitative estimate of drug-likeness (QED) is 0.792. The highest BCUT2D eigenvalue weighted by molar-refractivity contribution is 5.88. The minimum Gasteiger partial charge on any atom is -0.480 e. The predicted molar refractivity (Wildman–Crippen MR) is 72.3 cm³/mol. The molecule has 0 aliphatic heterocycles. The summed E-state index contributed by atoms with van der Waals surface area (Å²) < 4.78 is 7.13. The van der Waals surface area contributed by atoms with E-state index >= 15 is 0 Å². The van der Waals surface area contributed by atoms with Crippen molar-refractivity contribution in [2.75, 3.05) is 0 Å². The monoisotopic (exact) mass is 271 g/mol. The third kappa shape index (κ3) is 1.85. The smallest absolute Gasteiger partial charge is 0.326 e. The van der Waals surface area contributed by atoms with Gasteiger partial charge in [0.15, 0.2) is 0 Å². The minimum atomic E-state index is -0.913. The molecular weight excluding hydrogens is 258 g/mol. The van der Waals surface area contributed by atoms with Gasteiger partial charge in [0, 0.05) is 17.8 Å². The van der Waals surface area contributed by atoms with Crippen LogP contribution in [0.4, 0.5) is 0 Å². The Morgan fingerprint density at radius 2 is 2.10 bits per heavy atom. The molecule has 2 heterocycles. The fourth-order valence-corrected chi connectivity index (χ4v) is 2.27. The number of rotatable bonds is 3. The van der Waals surface area contributed by atoms with Gasteiger partial charge in [0.2, 0.25) is 5.89 Å².